The third-order valence-corrected chi connectivity index (χ3v) is 3.73. The lowest BCUT2D eigenvalue weighted by atomic mass is 9.98. The molecule has 0 saturated carbocycles. The molecule has 0 aliphatic carbocycles. The van der Waals surface area contributed by atoms with Crippen molar-refractivity contribution in [2.75, 3.05) is 32.8 Å². The molecule has 116 valence electrons. The number of nitrogens with one attached hydrogen (secondary N) is 1. The number of piperidine rings is 1. The van der Waals surface area contributed by atoms with Crippen molar-refractivity contribution in [3.05, 3.63) is 18.0 Å². The van der Waals surface area contributed by atoms with Crippen LogP contribution in [0, 0.1) is 12.8 Å². The molecule has 0 bridgehead atoms. The van der Waals surface area contributed by atoms with E-state index in [1.54, 1.807) is 12.4 Å². The van der Waals surface area contributed by atoms with Crippen LogP contribution < -0.4 is 10.1 Å². The Balaban J connectivity index is 1.66. The molecule has 1 aromatic rings. The summed E-state index contributed by atoms with van der Waals surface area (Å²) in [6, 6.07) is 0.241. The lowest BCUT2D eigenvalue weighted by Gasteiger charge is -2.31. The molecular formula is C15H24N4O2. The quantitative estimate of drug-likeness (QED) is 0.847. The first-order chi connectivity index (χ1) is 10.2. The highest BCUT2D eigenvalue weighted by molar-refractivity contribution is 5.77. The first-order valence-corrected chi connectivity index (χ1v) is 7.58. The summed E-state index contributed by atoms with van der Waals surface area (Å²) in [5.74, 6) is 0.422. The van der Waals surface area contributed by atoms with Crippen molar-refractivity contribution in [3.63, 3.8) is 0 Å². The highest BCUT2D eigenvalue weighted by Crippen LogP contribution is 2.15. The van der Waals surface area contributed by atoms with Gasteiger partial charge in [-0.3, -0.25) is 4.79 Å². The number of amides is 1. The van der Waals surface area contributed by atoms with Crippen LogP contribution in [0.1, 0.15) is 25.3 Å². The fourth-order valence-corrected chi connectivity index (χ4v) is 2.50. The predicted molar refractivity (Wildman–Crippen MR) is 80.1 cm³/mol. The van der Waals surface area contributed by atoms with E-state index in [9.17, 15) is 4.79 Å². The monoisotopic (exact) mass is 292 g/mol. The molecule has 0 radical (unpaired) electrons. The largest absolute Gasteiger partial charge is 0.453 e. The van der Waals surface area contributed by atoms with E-state index in [1.807, 2.05) is 6.92 Å². The summed E-state index contributed by atoms with van der Waals surface area (Å²) in [5, 5.41) is 2.93. The maximum absolute atomic E-state index is 11.8. The second-order valence-corrected chi connectivity index (χ2v) is 5.54. The molecule has 1 N–H and O–H groups in total. The van der Waals surface area contributed by atoms with E-state index in [4.69, 9.17) is 4.74 Å². The van der Waals surface area contributed by atoms with Gasteiger partial charge in [-0.15, -0.1) is 0 Å². The van der Waals surface area contributed by atoms with Crippen molar-refractivity contribution in [1.29, 1.82) is 0 Å². The first kappa shape index (κ1) is 15.7. The number of likely N-dealkylation sites (tertiary alicyclic amines) is 1. The van der Waals surface area contributed by atoms with E-state index >= 15 is 0 Å². The highest BCUT2D eigenvalue weighted by atomic mass is 16.5. The molecule has 2 rings (SSSR count). The first-order valence-electron chi connectivity index (χ1n) is 7.58. The molecule has 1 unspecified atom stereocenters. The van der Waals surface area contributed by atoms with Crippen LogP contribution in [-0.4, -0.2) is 53.6 Å². The standard InChI is InChI=1S/C15H24N4O2/c1-3-19-6-4-5-13(10-19)9-16-14(20)11-21-15-17-7-12(2)8-18-15/h7-8,13H,3-6,9-11H2,1-2H3,(H,16,20). The fraction of sp³-hybridized carbons (Fsp3) is 0.667. The molecular weight excluding hydrogens is 268 g/mol. The molecule has 1 atom stereocenters. The normalized spacial score (nSPS) is 19.2. The van der Waals surface area contributed by atoms with Gasteiger partial charge in [0.1, 0.15) is 0 Å². The van der Waals surface area contributed by atoms with Gasteiger partial charge >= 0.3 is 6.01 Å². The summed E-state index contributed by atoms with van der Waals surface area (Å²) < 4.78 is 5.26. The lowest BCUT2D eigenvalue weighted by molar-refractivity contribution is -0.123. The van der Waals surface area contributed by atoms with Crippen LogP contribution in [0.5, 0.6) is 6.01 Å². The van der Waals surface area contributed by atoms with Gasteiger partial charge in [0.2, 0.25) is 0 Å². The van der Waals surface area contributed by atoms with Gasteiger partial charge in [-0.1, -0.05) is 6.92 Å². The molecule has 2 heterocycles. The third-order valence-electron chi connectivity index (χ3n) is 3.73. The van der Waals surface area contributed by atoms with Gasteiger partial charge in [0, 0.05) is 25.5 Å². The number of hydrogen-bond donors (Lipinski definition) is 1. The van der Waals surface area contributed by atoms with Crippen molar-refractivity contribution >= 4 is 5.91 Å². The van der Waals surface area contributed by atoms with Gasteiger partial charge in [0.15, 0.2) is 6.61 Å². The summed E-state index contributed by atoms with van der Waals surface area (Å²) in [5.41, 5.74) is 0.963. The van der Waals surface area contributed by atoms with Crippen molar-refractivity contribution < 1.29 is 9.53 Å². The highest BCUT2D eigenvalue weighted by Gasteiger charge is 2.19. The number of nitrogens with zero attached hydrogens (tertiary/aromatic N) is 3. The maximum atomic E-state index is 11.8. The number of carbonyl (C=O) groups excluding carboxylic acids is 1. The molecule has 21 heavy (non-hydrogen) atoms. The van der Waals surface area contributed by atoms with Crippen molar-refractivity contribution in [2.24, 2.45) is 5.92 Å². The van der Waals surface area contributed by atoms with Crippen molar-refractivity contribution in [1.82, 2.24) is 20.2 Å². The molecule has 0 aromatic carbocycles. The van der Waals surface area contributed by atoms with Crippen LogP contribution in [0.4, 0.5) is 0 Å². The Bertz CT molecular complexity index is 449. The minimum absolute atomic E-state index is 0.0345. The Kier molecular flexibility index (Phi) is 5.92. The van der Waals surface area contributed by atoms with E-state index in [0.717, 1.165) is 18.7 Å². The van der Waals surface area contributed by atoms with Crippen LogP contribution in [0.2, 0.25) is 0 Å². The molecule has 1 aliphatic rings. The third kappa shape index (κ3) is 5.30. The van der Waals surface area contributed by atoms with Crippen LogP contribution in [0.3, 0.4) is 0 Å². The number of aryl methyl sites for hydroxylation is 1. The number of hydrogen-bond acceptors (Lipinski definition) is 5. The zero-order valence-corrected chi connectivity index (χ0v) is 12.8. The van der Waals surface area contributed by atoms with E-state index in [0.29, 0.717) is 12.5 Å². The number of rotatable bonds is 6. The second kappa shape index (κ2) is 7.93. The average molecular weight is 292 g/mol. The summed E-state index contributed by atoms with van der Waals surface area (Å²) in [6.45, 7) is 8.09. The zero-order chi connectivity index (χ0) is 15.1. The van der Waals surface area contributed by atoms with E-state index in [-0.39, 0.29) is 18.5 Å². The molecule has 0 spiro atoms. The Morgan fingerprint density at radius 1 is 1.48 bits per heavy atom. The van der Waals surface area contributed by atoms with E-state index in [2.05, 4.69) is 27.1 Å². The Labute approximate surface area is 125 Å². The van der Waals surface area contributed by atoms with E-state index in [1.165, 1.54) is 19.4 Å². The number of carbonyl (C=O) groups is 1. The Morgan fingerprint density at radius 2 is 2.24 bits per heavy atom. The Morgan fingerprint density at radius 3 is 2.95 bits per heavy atom. The topological polar surface area (TPSA) is 67.4 Å². The fourth-order valence-electron chi connectivity index (χ4n) is 2.50. The molecule has 1 amide bonds. The summed E-state index contributed by atoms with van der Waals surface area (Å²) in [4.78, 5) is 22.2. The molecule has 1 aromatic heterocycles. The summed E-state index contributed by atoms with van der Waals surface area (Å²) in [6.07, 6.45) is 5.73. The predicted octanol–water partition coefficient (Wildman–Crippen LogP) is 1.01. The van der Waals surface area contributed by atoms with Gasteiger partial charge < -0.3 is 15.0 Å². The molecule has 6 heteroatoms. The lowest BCUT2D eigenvalue weighted by Crippen LogP contribution is -2.41. The van der Waals surface area contributed by atoms with Gasteiger partial charge in [0.05, 0.1) is 0 Å². The van der Waals surface area contributed by atoms with Gasteiger partial charge in [0.25, 0.3) is 5.91 Å². The SMILES string of the molecule is CCN1CCCC(CNC(=O)COc2ncc(C)cn2)C1. The zero-order valence-electron chi connectivity index (χ0n) is 12.8. The second-order valence-electron chi connectivity index (χ2n) is 5.54. The van der Waals surface area contributed by atoms with Crippen LogP contribution >= 0.6 is 0 Å². The van der Waals surface area contributed by atoms with Crippen LogP contribution in [0.15, 0.2) is 12.4 Å². The van der Waals surface area contributed by atoms with Crippen molar-refractivity contribution in [3.8, 4) is 6.01 Å². The molecule has 1 fully saturated rings. The minimum atomic E-state index is -0.118. The summed E-state index contributed by atoms with van der Waals surface area (Å²) >= 11 is 0. The average Bonchev–Trinajstić information content (AvgIpc) is 2.52. The van der Waals surface area contributed by atoms with E-state index < -0.39 is 0 Å². The minimum Gasteiger partial charge on any atom is -0.453 e. The van der Waals surface area contributed by atoms with Gasteiger partial charge in [-0.25, -0.2) is 9.97 Å². The van der Waals surface area contributed by atoms with Gasteiger partial charge in [-0.2, -0.15) is 0 Å². The van der Waals surface area contributed by atoms with Gasteiger partial charge in [-0.05, 0) is 44.3 Å². The van der Waals surface area contributed by atoms with Crippen molar-refractivity contribution in [2.45, 2.75) is 26.7 Å². The Hall–Kier alpha value is -1.69. The molecule has 6 nitrogen and oxygen atoms in total. The maximum Gasteiger partial charge on any atom is 0.316 e. The van der Waals surface area contributed by atoms with Crippen LogP contribution in [-0.2, 0) is 4.79 Å². The summed E-state index contributed by atoms with van der Waals surface area (Å²) in [7, 11) is 0. The molecule has 1 saturated heterocycles. The number of ether oxygens (including phenoxy) is 1. The smallest absolute Gasteiger partial charge is 0.316 e. The number of aromatic nitrogens is 2. The molecule has 1 aliphatic heterocycles. The van der Waals surface area contributed by atoms with Crippen LogP contribution in [0.25, 0.3) is 0 Å².